The molecule has 0 bridgehead atoms. The minimum Gasteiger partial charge on any atom is -0.319 e. The van der Waals surface area contributed by atoms with Gasteiger partial charge in [-0.3, -0.25) is 4.68 Å². The van der Waals surface area contributed by atoms with Crippen LogP contribution < -0.4 is 5.73 Å². The Morgan fingerprint density at radius 1 is 1.29 bits per heavy atom. The van der Waals surface area contributed by atoms with Crippen LogP contribution in [0, 0.1) is 0 Å². The van der Waals surface area contributed by atoms with E-state index < -0.39 is 5.54 Å². The normalized spacial score (nSPS) is 14.6. The first-order valence-electron chi connectivity index (χ1n) is 5.80. The summed E-state index contributed by atoms with van der Waals surface area (Å²) < 4.78 is 1.77. The van der Waals surface area contributed by atoms with Crippen molar-refractivity contribution in [2.45, 2.75) is 25.8 Å². The Kier molecular flexibility index (Phi) is 2.98. The Morgan fingerprint density at radius 2 is 1.94 bits per heavy atom. The molecule has 1 unspecified atom stereocenters. The summed E-state index contributed by atoms with van der Waals surface area (Å²) in [4.78, 5) is 4.55. The second kappa shape index (κ2) is 4.30. The van der Waals surface area contributed by atoms with Gasteiger partial charge in [0.05, 0.1) is 5.54 Å². The number of nitrogens with zero attached hydrogens (tertiary/aromatic N) is 3. The van der Waals surface area contributed by atoms with Crippen LogP contribution in [0.5, 0.6) is 0 Å². The summed E-state index contributed by atoms with van der Waals surface area (Å²) in [5.41, 5.74) is 6.79. The minimum atomic E-state index is -0.436. The van der Waals surface area contributed by atoms with Gasteiger partial charge in [-0.25, -0.2) is 4.98 Å². The average molecular weight is 230 g/mol. The maximum atomic E-state index is 6.21. The molecule has 2 N–H and O–H groups in total. The van der Waals surface area contributed by atoms with Crippen LogP contribution in [-0.2, 0) is 12.6 Å². The molecule has 90 valence electrons. The molecule has 1 heterocycles. The second-order valence-corrected chi connectivity index (χ2v) is 4.52. The topological polar surface area (TPSA) is 56.7 Å². The molecule has 0 aliphatic rings. The van der Waals surface area contributed by atoms with Crippen molar-refractivity contribution in [1.82, 2.24) is 14.8 Å². The molecule has 0 saturated heterocycles. The number of rotatable bonds is 3. The average Bonchev–Trinajstić information content (AvgIpc) is 2.73. The van der Waals surface area contributed by atoms with Crippen LogP contribution in [0.1, 0.15) is 26.1 Å². The quantitative estimate of drug-likeness (QED) is 0.878. The highest BCUT2D eigenvalue weighted by Gasteiger charge is 2.25. The number of nitrogens with two attached hydrogens (primary N) is 1. The maximum Gasteiger partial charge on any atom is 0.181 e. The lowest BCUT2D eigenvalue weighted by molar-refractivity contribution is 0.423. The van der Waals surface area contributed by atoms with Gasteiger partial charge in [-0.2, -0.15) is 5.10 Å². The molecule has 4 nitrogen and oxygen atoms in total. The third-order valence-corrected chi connectivity index (χ3v) is 3.04. The molecule has 1 aromatic heterocycles. The monoisotopic (exact) mass is 230 g/mol. The van der Waals surface area contributed by atoms with E-state index in [4.69, 9.17) is 5.73 Å². The Bertz CT molecular complexity index is 499. The number of aryl methyl sites for hydroxylation is 1. The van der Waals surface area contributed by atoms with E-state index in [2.05, 4.69) is 17.0 Å². The SMILES string of the molecule is CCC(C)(N)c1nc(-c2ccccc2)nn1C. The third kappa shape index (κ3) is 2.22. The zero-order valence-corrected chi connectivity index (χ0v) is 10.5. The van der Waals surface area contributed by atoms with Gasteiger partial charge >= 0.3 is 0 Å². The van der Waals surface area contributed by atoms with Crippen LogP contribution in [0.3, 0.4) is 0 Å². The highest BCUT2D eigenvalue weighted by molar-refractivity contribution is 5.54. The molecular formula is C13H18N4. The van der Waals surface area contributed by atoms with Crippen molar-refractivity contribution in [2.75, 3.05) is 0 Å². The van der Waals surface area contributed by atoms with Crippen LogP contribution in [0.2, 0.25) is 0 Å². The van der Waals surface area contributed by atoms with Crippen LogP contribution >= 0.6 is 0 Å². The third-order valence-electron chi connectivity index (χ3n) is 3.04. The van der Waals surface area contributed by atoms with Gasteiger partial charge in [0.15, 0.2) is 5.82 Å². The largest absolute Gasteiger partial charge is 0.319 e. The Morgan fingerprint density at radius 3 is 2.53 bits per heavy atom. The fourth-order valence-electron chi connectivity index (χ4n) is 1.75. The smallest absolute Gasteiger partial charge is 0.181 e. The van der Waals surface area contributed by atoms with E-state index in [-0.39, 0.29) is 0 Å². The molecule has 0 radical (unpaired) electrons. The van der Waals surface area contributed by atoms with Crippen molar-refractivity contribution in [1.29, 1.82) is 0 Å². The van der Waals surface area contributed by atoms with Gasteiger partial charge in [0.25, 0.3) is 0 Å². The fourth-order valence-corrected chi connectivity index (χ4v) is 1.75. The Balaban J connectivity index is 2.45. The number of aromatic nitrogens is 3. The summed E-state index contributed by atoms with van der Waals surface area (Å²) >= 11 is 0. The highest BCUT2D eigenvalue weighted by atomic mass is 15.3. The lowest BCUT2D eigenvalue weighted by atomic mass is 10.00. The van der Waals surface area contributed by atoms with Crippen molar-refractivity contribution in [3.05, 3.63) is 36.2 Å². The van der Waals surface area contributed by atoms with E-state index in [9.17, 15) is 0 Å². The molecule has 0 spiro atoms. The first-order chi connectivity index (χ1) is 8.04. The van der Waals surface area contributed by atoms with Gasteiger partial charge in [0, 0.05) is 12.6 Å². The minimum absolute atomic E-state index is 0.436. The lowest BCUT2D eigenvalue weighted by Crippen LogP contribution is -2.35. The van der Waals surface area contributed by atoms with Gasteiger partial charge in [-0.05, 0) is 13.3 Å². The van der Waals surface area contributed by atoms with Gasteiger partial charge in [0.2, 0.25) is 0 Å². The molecule has 1 atom stereocenters. The molecule has 2 rings (SSSR count). The molecule has 0 aliphatic carbocycles. The standard InChI is InChI=1S/C13H18N4/c1-4-13(2,14)12-15-11(16-17(12)3)10-8-6-5-7-9-10/h5-9H,4,14H2,1-3H3. The summed E-state index contributed by atoms with van der Waals surface area (Å²) in [6.45, 7) is 4.03. The second-order valence-electron chi connectivity index (χ2n) is 4.52. The summed E-state index contributed by atoms with van der Waals surface area (Å²) in [6.07, 6.45) is 0.827. The predicted molar refractivity (Wildman–Crippen MR) is 68.3 cm³/mol. The summed E-state index contributed by atoms with van der Waals surface area (Å²) in [5, 5.41) is 4.42. The van der Waals surface area contributed by atoms with Crippen molar-refractivity contribution in [3.8, 4) is 11.4 Å². The van der Waals surface area contributed by atoms with Gasteiger partial charge < -0.3 is 5.73 Å². The fraction of sp³-hybridized carbons (Fsp3) is 0.385. The predicted octanol–water partition coefficient (Wildman–Crippen LogP) is 2.07. The van der Waals surface area contributed by atoms with E-state index >= 15 is 0 Å². The molecule has 2 aromatic rings. The van der Waals surface area contributed by atoms with E-state index in [1.165, 1.54) is 0 Å². The van der Waals surface area contributed by atoms with Gasteiger partial charge in [-0.1, -0.05) is 37.3 Å². The zero-order valence-electron chi connectivity index (χ0n) is 10.5. The van der Waals surface area contributed by atoms with E-state index in [1.54, 1.807) is 4.68 Å². The van der Waals surface area contributed by atoms with E-state index in [1.807, 2.05) is 44.3 Å². The zero-order chi connectivity index (χ0) is 12.5. The molecule has 0 saturated carbocycles. The molecule has 1 aromatic carbocycles. The van der Waals surface area contributed by atoms with Crippen molar-refractivity contribution in [3.63, 3.8) is 0 Å². The molecule has 0 aliphatic heterocycles. The molecular weight excluding hydrogens is 212 g/mol. The van der Waals surface area contributed by atoms with Crippen molar-refractivity contribution in [2.24, 2.45) is 12.8 Å². The highest BCUT2D eigenvalue weighted by Crippen LogP contribution is 2.22. The number of hydrogen-bond donors (Lipinski definition) is 1. The summed E-state index contributed by atoms with van der Waals surface area (Å²) in [6, 6.07) is 9.93. The van der Waals surface area contributed by atoms with E-state index in [0.29, 0.717) is 0 Å². The number of hydrogen-bond acceptors (Lipinski definition) is 3. The van der Waals surface area contributed by atoms with Crippen molar-refractivity contribution < 1.29 is 0 Å². The van der Waals surface area contributed by atoms with Crippen LogP contribution in [0.15, 0.2) is 30.3 Å². The summed E-state index contributed by atoms with van der Waals surface area (Å²) in [7, 11) is 1.88. The Hall–Kier alpha value is -1.68. The van der Waals surface area contributed by atoms with Gasteiger partial charge in [-0.15, -0.1) is 0 Å². The van der Waals surface area contributed by atoms with Crippen LogP contribution in [-0.4, -0.2) is 14.8 Å². The first kappa shape index (κ1) is 11.8. The van der Waals surface area contributed by atoms with Crippen LogP contribution in [0.25, 0.3) is 11.4 Å². The summed E-state index contributed by atoms with van der Waals surface area (Å²) in [5.74, 6) is 1.55. The molecule has 17 heavy (non-hydrogen) atoms. The van der Waals surface area contributed by atoms with Crippen LogP contribution in [0.4, 0.5) is 0 Å². The Labute approximate surface area is 101 Å². The molecule has 0 fully saturated rings. The molecule has 0 amide bonds. The first-order valence-corrected chi connectivity index (χ1v) is 5.80. The molecule has 4 heteroatoms. The van der Waals surface area contributed by atoms with E-state index in [0.717, 1.165) is 23.6 Å². The number of benzene rings is 1. The lowest BCUT2D eigenvalue weighted by Gasteiger charge is -2.20. The van der Waals surface area contributed by atoms with Gasteiger partial charge in [0.1, 0.15) is 5.82 Å². The van der Waals surface area contributed by atoms with Crippen molar-refractivity contribution >= 4 is 0 Å². The maximum absolute atomic E-state index is 6.21.